The molecule has 0 spiro atoms. The van der Waals surface area contributed by atoms with Crippen molar-refractivity contribution in [2.24, 2.45) is 5.73 Å². The van der Waals surface area contributed by atoms with E-state index in [2.05, 4.69) is 51.2 Å². The second kappa shape index (κ2) is 7.46. The van der Waals surface area contributed by atoms with Crippen molar-refractivity contribution < 1.29 is 4.79 Å². The summed E-state index contributed by atoms with van der Waals surface area (Å²) in [7, 11) is 0. The molecule has 2 aromatic rings. The van der Waals surface area contributed by atoms with Crippen molar-refractivity contribution in [2.75, 3.05) is 19.6 Å². The molecular formula is C21H26N4O. The van der Waals surface area contributed by atoms with Gasteiger partial charge in [-0.2, -0.15) is 5.10 Å². The maximum atomic E-state index is 10.8. The van der Waals surface area contributed by atoms with Gasteiger partial charge in [0.1, 0.15) is 0 Å². The van der Waals surface area contributed by atoms with Crippen LogP contribution in [0.3, 0.4) is 0 Å². The fourth-order valence-electron chi connectivity index (χ4n) is 4.08. The fraction of sp³-hybridized carbons (Fsp3) is 0.429. The smallest absolute Gasteiger partial charge is 0.217 e. The van der Waals surface area contributed by atoms with Crippen molar-refractivity contribution in [1.29, 1.82) is 0 Å². The van der Waals surface area contributed by atoms with Crippen LogP contribution in [0.1, 0.15) is 42.0 Å². The van der Waals surface area contributed by atoms with Crippen LogP contribution in [0.4, 0.5) is 0 Å². The minimum atomic E-state index is -0.209. The van der Waals surface area contributed by atoms with Gasteiger partial charge < -0.3 is 5.73 Å². The van der Waals surface area contributed by atoms with Crippen LogP contribution in [0.25, 0.3) is 5.57 Å². The van der Waals surface area contributed by atoms with Gasteiger partial charge in [-0.3, -0.25) is 14.4 Å². The molecule has 2 aliphatic rings. The Morgan fingerprint density at radius 3 is 2.65 bits per heavy atom. The Bertz CT molecular complexity index is 798. The number of carbonyl (C=O) groups is 1. The minimum Gasteiger partial charge on any atom is -0.370 e. The lowest BCUT2D eigenvalue weighted by atomic mass is 10.0. The average Bonchev–Trinajstić information content (AvgIpc) is 3.29. The molecule has 1 aromatic carbocycles. The summed E-state index contributed by atoms with van der Waals surface area (Å²) in [5.41, 5.74) is 10.8. The lowest BCUT2D eigenvalue weighted by Crippen LogP contribution is -2.30. The Balaban J connectivity index is 1.36. The van der Waals surface area contributed by atoms with E-state index in [9.17, 15) is 4.79 Å². The number of hydrogen-bond acceptors (Lipinski definition) is 3. The van der Waals surface area contributed by atoms with Crippen LogP contribution in [0, 0.1) is 0 Å². The monoisotopic (exact) mass is 350 g/mol. The highest BCUT2D eigenvalue weighted by Crippen LogP contribution is 2.31. The number of fused-ring (bicyclic) bond motifs is 1. The van der Waals surface area contributed by atoms with E-state index < -0.39 is 0 Å². The molecule has 5 heteroatoms. The molecule has 0 bridgehead atoms. The van der Waals surface area contributed by atoms with Gasteiger partial charge >= 0.3 is 0 Å². The average molecular weight is 350 g/mol. The van der Waals surface area contributed by atoms with Crippen LogP contribution in [-0.4, -0.2) is 40.2 Å². The zero-order valence-corrected chi connectivity index (χ0v) is 15.1. The summed E-state index contributed by atoms with van der Waals surface area (Å²) < 4.78 is 2.15. The first kappa shape index (κ1) is 17.0. The summed E-state index contributed by atoms with van der Waals surface area (Å²) in [6.45, 7) is 2.91. The number of amides is 1. The molecule has 5 nitrogen and oxygen atoms in total. The lowest BCUT2D eigenvalue weighted by Gasteiger charge is -2.25. The normalized spacial score (nSPS) is 17.9. The molecule has 26 heavy (non-hydrogen) atoms. The molecule has 1 aliphatic carbocycles. The lowest BCUT2D eigenvalue weighted by molar-refractivity contribution is -0.118. The van der Waals surface area contributed by atoms with Gasteiger partial charge in [0, 0.05) is 31.3 Å². The first-order valence-corrected chi connectivity index (χ1v) is 9.50. The van der Waals surface area contributed by atoms with Crippen LogP contribution in [0.2, 0.25) is 0 Å². The van der Waals surface area contributed by atoms with Crippen molar-refractivity contribution >= 4 is 11.5 Å². The van der Waals surface area contributed by atoms with Crippen LogP contribution >= 0.6 is 0 Å². The summed E-state index contributed by atoms with van der Waals surface area (Å²) in [5, 5.41) is 4.66. The Morgan fingerprint density at radius 1 is 1.23 bits per heavy atom. The first-order chi connectivity index (χ1) is 12.7. The van der Waals surface area contributed by atoms with Gasteiger partial charge in [0.25, 0.3) is 0 Å². The molecule has 1 aromatic heterocycles. The summed E-state index contributed by atoms with van der Waals surface area (Å²) in [6, 6.07) is 9.15. The first-order valence-electron chi connectivity index (χ1n) is 9.50. The number of carbonyl (C=O) groups excluding carboxylic acids is 1. The second-order valence-electron chi connectivity index (χ2n) is 7.39. The Labute approximate surface area is 154 Å². The van der Waals surface area contributed by atoms with Crippen LogP contribution in [0.5, 0.6) is 0 Å². The number of aromatic nitrogens is 2. The largest absolute Gasteiger partial charge is 0.370 e. The standard InChI is InChI=1S/C21H26N4O/c22-21(26)6-3-9-24-10-7-16(8-11-24)19-14-23-25(15-19)20-12-17-4-1-2-5-18(17)13-20/h1-2,4-5,7,14-15,20H,3,6,8-13H2,(H2,22,26). The Hall–Kier alpha value is -2.40. The van der Waals surface area contributed by atoms with Crippen LogP contribution < -0.4 is 5.73 Å². The fourth-order valence-corrected chi connectivity index (χ4v) is 4.08. The summed E-state index contributed by atoms with van der Waals surface area (Å²) in [4.78, 5) is 13.2. The van der Waals surface area contributed by atoms with Crippen molar-refractivity contribution in [3.63, 3.8) is 0 Å². The van der Waals surface area contributed by atoms with E-state index in [1.807, 2.05) is 6.20 Å². The van der Waals surface area contributed by atoms with E-state index >= 15 is 0 Å². The van der Waals surface area contributed by atoms with E-state index in [1.54, 1.807) is 0 Å². The molecule has 0 saturated heterocycles. The Morgan fingerprint density at radius 2 is 2.00 bits per heavy atom. The number of rotatable bonds is 6. The molecule has 1 aliphatic heterocycles. The molecule has 4 rings (SSSR count). The SMILES string of the molecule is NC(=O)CCCN1CC=C(c2cnn(C3Cc4ccccc4C3)c2)CC1. The van der Waals surface area contributed by atoms with Gasteiger partial charge in [0.05, 0.1) is 12.2 Å². The van der Waals surface area contributed by atoms with E-state index in [0.717, 1.165) is 45.3 Å². The maximum Gasteiger partial charge on any atom is 0.217 e. The third-order valence-electron chi connectivity index (χ3n) is 5.57. The van der Waals surface area contributed by atoms with Gasteiger partial charge in [0.15, 0.2) is 0 Å². The number of hydrogen-bond donors (Lipinski definition) is 1. The van der Waals surface area contributed by atoms with Crippen LogP contribution in [-0.2, 0) is 17.6 Å². The van der Waals surface area contributed by atoms with Gasteiger partial charge in [-0.1, -0.05) is 30.3 Å². The molecule has 0 unspecified atom stereocenters. The number of nitrogens with zero attached hydrogens (tertiary/aromatic N) is 3. The quantitative estimate of drug-likeness (QED) is 0.871. The molecule has 136 valence electrons. The molecular weight excluding hydrogens is 324 g/mol. The Kier molecular flexibility index (Phi) is 4.89. The van der Waals surface area contributed by atoms with E-state index in [0.29, 0.717) is 12.5 Å². The molecule has 0 saturated carbocycles. The van der Waals surface area contributed by atoms with E-state index in [4.69, 9.17) is 5.73 Å². The zero-order valence-electron chi connectivity index (χ0n) is 15.1. The predicted molar refractivity (Wildman–Crippen MR) is 103 cm³/mol. The highest BCUT2D eigenvalue weighted by molar-refractivity contribution is 5.73. The van der Waals surface area contributed by atoms with Crippen molar-refractivity contribution in [3.05, 3.63) is 59.4 Å². The molecule has 0 atom stereocenters. The second-order valence-corrected chi connectivity index (χ2v) is 7.39. The number of benzene rings is 1. The highest BCUT2D eigenvalue weighted by atomic mass is 16.1. The van der Waals surface area contributed by atoms with Crippen molar-refractivity contribution in [3.8, 4) is 0 Å². The summed E-state index contributed by atoms with van der Waals surface area (Å²) >= 11 is 0. The topological polar surface area (TPSA) is 64.2 Å². The molecule has 2 heterocycles. The third-order valence-corrected chi connectivity index (χ3v) is 5.57. The molecule has 0 radical (unpaired) electrons. The van der Waals surface area contributed by atoms with E-state index in [1.165, 1.54) is 22.3 Å². The van der Waals surface area contributed by atoms with Crippen molar-refractivity contribution in [1.82, 2.24) is 14.7 Å². The zero-order chi connectivity index (χ0) is 17.9. The number of nitrogens with two attached hydrogens (primary N) is 1. The summed E-state index contributed by atoms with van der Waals surface area (Å²) in [6.07, 6.45) is 11.0. The maximum absolute atomic E-state index is 10.8. The highest BCUT2D eigenvalue weighted by Gasteiger charge is 2.23. The van der Waals surface area contributed by atoms with Gasteiger partial charge in [0.2, 0.25) is 5.91 Å². The van der Waals surface area contributed by atoms with Crippen LogP contribution in [0.15, 0.2) is 42.7 Å². The van der Waals surface area contributed by atoms with Gasteiger partial charge in [-0.05, 0) is 48.9 Å². The van der Waals surface area contributed by atoms with Gasteiger partial charge in [-0.15, -0.1) is 0 Å². The van der Waals surface area contributed by atoms with Crippen molar-refractivity contribution in [2.45, 2.75) is 38.1 Å². The predicted octanol–water partition coefficient (Wildman–Crippen LogP) is 2.58. The summed E-state index contributed by atoms with van der Waals surface area (Å²) in [5.74, 6) is -0.209. The molecule has 0 fully saturated rings. The van der Waals surface area contributed by atoms with Gasteiger partial charge in [-0.25, -0.2) is 0 Å². The van der Waals surface area contributed by atoms with E-state index in [-0.39, 0.29) is 5.91 Å². The minimum absolute atomic E-state index is 0.209. The molecule has 1 amide bonds. The molecule has 2 N–H and O–H groups in total. The number of primary amides is 1. The third kappa shape index (κ3) is 3.73.